The smallest absolute Gasteiger partial charge is 0.258 e. The fraction of sp³-hybridized carbons (Fsp3) is 0.348. The fourth-order valence-electron chi connectivity index (χ4n) is 4.21. The highest BCUT2D eigenvalue weighted by Crippen LogP contribution is 2.43. The van der Waals surface area contributed by atoms with Gasteiger partial charge in [0.15, 0.2) is 0 Å². The van der Waals surface area contributed by atoms with Gasteiger partial charge in [-0.3, -0.25) is 19.3 Å². The molecule has 2 unspecified atom stereocenters. The van der Waals surface area contributed by atoms with Gasteiger partial charge < -0.3 is 20.1 Å². The number of nitrogens with one attached hydrogen (secondary N) is 1. The molecular formula is C23H23Cl2N3O5. The average molecular weight is 492 g/mol. The number of para-hydroxylation sites is 1. The summed E-state index contributed by atoms with van der Waals surface area (Å²) in [7, 11) is 0. The first-order valence-corrected chi connectivity index (χ1v) is 11.2. The highest BCUT2D eigenvalue weighted by atomic mass is 35.5. The lowest BCUT2D eigenvalue weighted by Crippen LogP contribution is -2.64. The van der Waals surface area contributed by atoms with Crippen LogP contribution in [0.1, 0.15) is 30.1 Å². The number of benzene rings is 2. The van der Waals surface area contributed by atoms with Crippen molar-refractivity contribution in [2.45, 2.75) is 31.5 Å². The molecule has 8 nitrogen and oxygen atoms in total. The van der Waals surface area contributed by atoms with Crippen LogP contribution in [-0.4, -0.2) is 59.2 Å². The molecule has 3 amide bonds. The average Bonchev–Trinajstić information content (AvgIpc) is 3.11. The molecule has 0 saturated carbocycles. The predicted molar refractivity (Wildman–Crippen MR) is 124 cm³/mol. The topological polar surface area (TPSA) is 99.2 Å². The van der Waals surface area contributed by atoms with Gasteiger partial charge >= 0.3 is 0 Å². The molecule has 33 heavy (non-hydrogen) atoms. The van der Waals surface area contributed by atoms with Gasteiger partial charge in [-0.25, -0.2) is 0 Å². The van der Waals surface area contributed by atoms with Crippen LogP contribution in [0.2, 0.25) is 10.0 Å². The number of carbonyl (C=O) groups is 3. The maximum absolute atomic E-state index is 13.2. The fourth-order valence-corrected chi connectivity index (χ4v) is 4.56. The number of amides is 3. The van der Waals surface area contributed by atoms with Crippen LogP contribution in [0.4, 0.5) is 5.69 Å². The van der Waals surface area contributed by atoms with Crippen molar-refractivity contribution in [2.24, 2.45) is 0 Å². The molecule has 2 aromatic rings. The number of aliphatic hydroxyl groups is 1. The Morgan fingerprint density at radius 1 is 1.21 bits per heavy atom. The van der Waals surface area contributed by atoms with Gasteiger partial charge in [0.2, 0.25) is 11.8 Å². The summed E-state index contributed by atoms with van der Waals surface area (Å²) in [5.74, 6) is -0.530. The number of nitrogens with zero attached hydrogens (tertiary/aromatic N) is 2. The largest absolute Gasteiger partial charge is 0.489 e. The second-order valence-corrected chi connectivity index (χ2v) is 8.96. The van der Waals surface area contributed by atoms with Gasteiger partial charge in [0.1, 0.15) is 35.7 Å². The lowest BCUT2D eigenvalue weighted by atomic mass is 9.98. The zero-order valence-electron chi connectivity index (χ0n) is 17.9. The summed E-state index contributed by atoms with van der Waals surface area (Å²) in [4.78, 5) is 41.5. The molecule has 2 N–H and O–H groups in total. The number of rotatable bonds is 7. The zero-order chi connectivity index (χ0) is 23.8. The summed E-state index contributed by atoms with van der Waals surface area (Å²) < 4.78 is 5.48. The number of fused-ring (bicyclic) bond motifs is 3. The number of hydrogen-bond donors (Lipinski definition) is 2. The normalized spacial score (nSPS) is 20.4. The van der Waals surface area contributed by atoms with E-state index in [1.165, 1.54) is 4.90 Å². The number of aliphatic hydroxyl groups excluding tert-OH is 1. The number of anilines is 1. The maximum Gasteiger partial charge on any atom is 0.258 e. The molecule has 2 aromatic carbocycles. The first kappa shape index (κ1) is 23.4. The van der Waals surface area contributed by atoms with Gasteiger partial charge in [-0.15, -0.1) is 0 Å². The molecule has 174 valence electrons. The van der Waals surface area contributed by atoms with Crippen molar-refractivity contribution >= 4 is 46.6 Å². The first-order valence-electron chi connectivity index (χ1n) is 10.5. The molecule has 0 spiro atoms. The molecule has 0 aliphatic carbocycles. The first-order chi connectivity index (χ1) is 15.7. The van der Waals surface area contributed by atoms with Crippen LogP contribution in [0.15, 0.2) is 42.5 Å². The van der Waals surface area contributed by atoms with Gasteiger partial charge in [0.25, 0.3) is 5.91 Å². The van der Waals surface area contributed by atoms with Crippen LogP contribution in [0.3, 0.4) is 0 Å². The lowest BCUT2D eigenvalue weighted by molar-refractivity contribution is -0.124. The maximum atomic E-state index is 13.2. The van der Waals surface area contributed by atoms with Crippen molar-refractivity contribution in [1.82, 2.24) is 10.2 Å². The number of carbonyl (C=O) groups excluding carboxylic acids is 3. The van der Waals surface area contributed by atoms with Crippen LogP contribution in [0, 0.1) is 0 Å². The van der Waals surface area contributed by atoms with Crippen molar-refractivity contribution in [3.8, 4) is 5.75 Å². The van der Waals surface area contributed by atoms with E-state index in [2.05, 4.69) is 5.32 Å². The highest BCUT2D eigenvalue weighted by molar-refractivity contribution is 6.42. The standard InChI is InChI=1S/C23H23Cl2N3O5/c1-23-10-9-20(31)28(23)17-7-3-2-5-15(17)22(32)27(23)12-19(30)26-11-14(29)13-33-18-8-4-6-16(24)21(18)25/h2-8,14,29H,9-13H2,1H3,(H,26,30). The summed E-state index contributed by atoms with van der Waals surface area (Å²) >= 11 is 12.0. The minimum absolute atomic E-state index is 0.0879. The third-order valence-corrected chi connectivity index (χ3v) is 6.73. The van der Waals surface area contributed by atoms with Gasteiger partial charge in [0, 0.05) is 13.0 Å². The second kappa shape index (κ2) is 9.21. The lowest BCUT2D eigenvalue weighted by Gasteiger charge is -2.48. The SMILES string of the molecule is CC12CCC(=O)N1c1ccccc1C(=O)N2CC(=O)NCC(O)COc1cccc(Cl)c1Cl. The van der Waals surface area contributed by atoms with Gasteiger partial charge in [-0.2, -0.15) is 0 Å². The Balaban J connectivity index is 1.38. The van der Waals surface area contributed by atoms with E-state index in [0.717, 1.165) is 0 Å². The second-order valence-electron chi connectivity index (χ2n) is 8.18. The molecule has 0 bridgehead atoms. The van der Waals surface area contributed by atoms with Crippen LogP contribution in [-0.2, 0) is 9.59 Å². The third-order valence-electron chi connectivity index (χ3n) is 5.93. The van der Waals surface area contributed by atoms with Crippen molar-refractivity contribution in [3.63, 3.8) is 0 Å². The summed E-state index contributed by atoms with van der Waals surface area (Å²) in [6, 6.07) is 11.8. The van der Waals surface area contributed by atoms with E-state index in [0.29, 0.717) is 34.9 Å². The molecule has 2 aliphatic rings. The monoisotopic (exact) mass is 491 g/mol. The Morgan fingerprint density at radius 2 is 1.97 bits per heavy atom. The van der Waals surface area contributed by atoms with Crippen molar-refractivity contribution in [3.05, 3.63) is 58.1 Å². The van der Waals surface area contributed by atoms with Gasteiger partial charge in [0.05, 0.1) is 16.3 Å². The molecule has 1 saturated heterocycles. The molecule has 4 rings (SSSR count). The molecule has 10 heteroatoms. The Morgan fingerprint density at radius 3 is 2.76 bits per heavy atom. The summed E-state index contributed by atoms with van der Waals surface area (Å²) in [6.45, 7) is 1.34. The number of halogens is 2. The van der Waals surface area contributed by atoms with E-state index in [1.807, 2.05) is 0 Å². The van der Waals surface area contributed by atoms with Gasteiger partial charge in [-0.05, 0) is 37.6 Å². The molecule has 2 atom stereocenters. The van der Waals surface area contributed by atoms with Crippen molar-refractivity contribution in [2.75, 3.05) is 24.6 Å². The third kappa shape index (κ3) is 4.38. The quantitative estimate of drug-likeness (QED) is 0.620. The molecule has 0 radical (unpaired) electrons. The van der Waals surface area contributed by atoms with Crippen LogP contribution in [0.5, 0.6) is 5.75 Å². The van der Waals surface area contributed by atoms with Crippen molar-refractivity contribution < 1.29 is 24.2 Å². The summed E-state index contributed by atoms with van der Waals surface area (Å²) in [5, 5.41) is 13.4. The molecule has 2 heterocycles. The molecular weight excluding hydrogens is 469 g/mol. The van der Waals surface area contributed by atoms with E-state index in [9.17, 15) is 19.5 Å². The minimum atomic E-state index is -1.01. The predicted octanol–water partition coefficient (Wildman–Crippen LogP) is 2.85. The van der Waals surface area contributed by atoms with E-state index in [-0.39, 0.29) is 36.5 Å². The van der Waals surface area contributed by atoms with Crippen LogP contribution < -0.4 is 15.0 Å². The van der Waals surface area contributed by atoms with Crippen LogP contribution >= 0.6 is 23.2 Å². The van der Waals surface area contributed by atoms with Crippen molar-refractivity contribution in [1.29, 1.82) is 0 Å². The Kier molecular flexibility index (Phi) is 6.52. The number of hydrogen-bond acceptors (Lipinski definition) is 5. The van der Waals surface area contributed by atoms with Gasteiger partial charge in [-0.1, -0.05) is 41.4 Å². The van der Waals surface area contributed by atoms with E-state index in [4.69, 9.17) is 27.9 Å². The summed E-state index contributed by atoms with van der Waals surface area (Å²) in [5.41, 5.74) is 0.0199. The Hall–Kier alpha value is -2.81. The Labute approximate surface area is 201 Å². The zero-order valence-corrected chi connectivity index (χ0v) is 19.4. The molecule has 1 fully saturated rings. The number of ether oxygens (including phenoxy) is 1. The molecule has 0 aromatic heterocycles. The molecule has 2 aliphatic heterocycles. The van der Waals surface area contributed by atoms with E-state index < -0.39 is 17.7 Å². The summed E-state index contributed by atoms with van der Waals surface area (Å²) in [6.07, 6.45) is -0.295. The Bertz CT molecular complexity index is 1110. The van der Waals surface area contributed by atoms with E-state index >= 15 is 0 Å². The van der Waals surface area contributed by atoms with Crippen LogP contribution in [0.25, 0.3) is 0 Å². The highest BCUT2D eigenvalue weighted by Gasteiger charge is 2.53. The van der Waals surface area contributed by atoms with E-state index in [1.54, 1.807) is 54.3 Å². The minimum Gasteiger partial charge on any atom is -0.489 e.